The molecule has 0 amide bonds. The van der Waals surface area contributed by atoms with Crippen LogP contribution < -0.4 is 0 Å². The van der Waals surface area contributed by atoms with Crippen molar-refractivity contribution in [2.75, 3.05) is 0 Å². The molecular formula is C25H42F2O. The van der Waals surface area contributed by atoms with Crippen molar-refractivity contribution in [3.05, 3.63) is 34.9 Å². The monoisotopic (exact) mass is 396 g/mol. The van der Waals surface area contributed by atoms with Crippen LogP contribution in [0.4, 0.5) is 8.78 Å². The second kappa shape index (κ2) is 11.3. The summed E-state index contributed by atoms with van der Waals surface area (Å²) in [6, 6.07) is 2.29. The fourth-order valence-corrected chi connectivity index (χ4v) is 4.74. The van der Waals surface area contributed by atoms with E-state index in [2.05, 4.69) is 27.7 Å². The van der Waals surface area contributed by atoms with Gasteiger partial charge in [0.1, 0.15) is 11.6 Å². The molecule has 2 rings (SSSR count). The Balaban J connectivity index is 0.000000696. The average molecular weight is 397 g/mol. The summed E-state index contributed by atoms with van der Waals surface area (Å²) in [6.07, 6.45) is 10.6. The van der Waals surface area contributed by atoms with Crippen molar-refractivity contribution < 1.29 is 13.9 Å². The molecule has 0 aliphatic heterocycles. The smallest absolute Gasteiger partial charge is 0.129 e. The van der Waals surface area contributed by atoms with E-state index in [0.717, 1.165) is 44.6 Å². The zero-order chi connectivity index (χ0) is 21.4. The molecule has 1 N–H and O–H groups in total. The fraction of sp³-hybridized carbons (Fsp3) is 0.760. The van der Waals surface area contributed by atoms with Crippen molar-refractivity contribution >= 4 is 0 Å². The number of rotatable bonds is 9. The van der Waals surface area contributed by atoms with Crippen LogP contribution in [0.5, 0.6) is 0 Å². The minimum absolute atomic E-state index is 0.0384. The number of fused-ring (bicyclic) bond motifs is 1. The molecule has 0 bridgehead atoms. The molecule has 1 nitrogen and oxygen atoms in total. The highest BCUT2D eigenvalue weighted by atomic mass is 19.1. The molecule has 2 unspecified atom stereocenters. The average Bonchev–Trinajstić information content (AvgIpc) is 2.84. The minimum Gasteiger partial charge on any atom is -0.384 e. The molecule has 0 saturated heterocycles. The Morgan fingerprint density at radius 1 is 0.893 bits per heavy atom. The van der Waals surface area contributed by atoms with E-state index in [4.69, 9.17) is 0 Å². The van der Waals surface area contributed by atoms with Crippen LogP contribution in [0.2, 0.25) is 0 Å². The van der Waals surface area contributed by atoms with Crippen LogP contribution in [0.15, 0.2) is 12.1 Å². The molecular weight excluding hydrogens is 354 g/mol. The lowest BCUT2D eigenvalue weighted by atomic mass is 9.65. The van der Waals surface area contributed by atoms with Gasteiger partial charge in [-0.3, -0.25) is 0 Å². The van der Waals surface area contributed by atoms with Gasteiger partial charge in [0.2, 0.25) is 0 Å². The summed E-state index contributed by atoms with van der Waals surface area (Å²) in [6.45, 7) is 12.6. The van der Waals surface area contributed by atoms with Crippen LogP contribution in [-0.2, 0) is 12.0 Å². The van der Waals surface area contributed by atoms with Gasteiger partial charge in [0, 0.05) is 11.5 Å². The molecule has 0 heterocycles. The van der Waals surface area contributed by atoms with Gasteiger partial charge in [0.05, 0.1) is 5.60 Å². The molecule has 1 aliphatic carbocycles. The van der Waals surface area contributed by atoms with Gasteiger partial charge < -0.3 is 5.11 Å². The predicted octanol–water partition coefficient (Wildman–Crippen LogP) is 7.93. The molecule has 0 aromatic heterocycles. The number of hydrogen-bond acceptors (Lipinski definition) is 1. The molecule has 1 aromatic rings. The van der Waals surface area contributed by atoms with E-state index < -0.39 is 22.7 Å². The highest BCUT2D eigenvalue weighted by Crippen LogP contribution is 2.56. The first kappa shape index (κ1) is 25.1. The lowest BCUT2D eigenvalue weighted by Crippen LogP contribution is -2.45. The Bertz CT molecular complexity index is 594. The summed E-state index contributed by atoms with van der Waals surface area (Å²) < 4.78 is 28.1. The van der Waals surface area contributed by atoms with Gasteiger partial charge in [-0.15, -0.1) is 0 Å². The lowest BCUT2D eigenvalue weighted by molar-refractivity contribution is -0.113. The predicted molar refractivity (Wildman–Crippen MR) is 115 cm³/mol. The van der Waals surface area contributed by atoms with E-state index in [-0.39, 0.29) is 5.92 Å². The van der Waals surface area contributed by atoms with Gasteiger partial charge >= 0.3 is 0 Å². The Hall–Kier alpha value is -0.960. The molecule has 2 atom stereocenters. The molecule has 28 heavy (non-hydrogen) atoms. The van der Waals surface area contributed by atoms with Crippen molar-refractivity contribution in [3.63, 3.8) is 0 Å². The molecule has 0 saturated carbocycles. The lowest BCUT2D eigenvalue weighted by Gasteiger charge is -2.44. The Morgan fingerprint density at radius 3 is 2.00 bits per heavy atom. The van der Waals surface area contributed by atoms with E-state index >= 15 is 0 Å². The van der Waals surface area contributed by atoms with E-state index in [1.54, 1.807) is 0 Å². The van der Waals surface area contributed by atoms with E-state index in [1.807, 2.05) is 13.8 Å². The van der Waals surface area contributed by atoms with Crippen LogP contribution >= 0.6 is 0 Å². The minimum atomic E-state index is -1.16. The van der Waals surface area contributed by atoms with Crippen LogP contribution in [0.3, 0.4) is 0 Å². The molecule has 0 radical (unpaired) electrons. The Labute approximate surface area is 171 Å². The number of halogens is 2. The van der Waals surface area contributed by atoms with Crippen molar-refractivity contribution in [2.24, 2.45) is 11.3 Å². The Kier molecular flexibility index (Phi) is 10.1. The maximum atomic E-state index is 14.2. The van der Waals surface area contributed by atoms with Crippen LogP contribution in [-0.4, -0.2) is 5.11 Å². The van der Waals surface area contributed by atoms with Gasteiger partial charge in [-0.05, 0) is 42.4 Å². The number of hydrogen-bond donors (Lipinski definition) is 1. The second-order valence-electron chi connectivity index (χ2n) is 9.08. The molecule has 0 fully saturated rings. The molecule has 162 valence electrons. The summed E-state index contributed by atoms with van der Waals surface area (Å²) in [7, 11) is 0. The van der Waals surface area contributed by atoms with Gasteiger partial charge in [-0.2, -0.15) is 0 Å². The normalized spacial score (nSPS) is 21.0. The van der Waals surface area contributed by atoms with Gasteiger partial charge in [-0.1, -0.05) is 86.5 Å². The van der Waals surface area contributed by atoms with Crippen molar-refractivity contribution in [1.29, 1.82) is 0 Å². The maximum absolute atomic E-state index is 14.2. The van der Waals surface area contributed by atoms with Crippen molar-refractivity contribution in [3.8, 4) is 0 Å². The number of unbranched alkanes of at least 4 members (excludes halogenated alkanes) is 4. The van der Waals surface area contributed by atoms with E-state index in [0.29, 0.717) is 17.5 Å². The largest absolute Gasteiger partial charge is 0.384 e. The third-order valence-electron chi connectivity index (χ3n) is 6.31. The quantitative estimate of drug-likeness (QED) is 0.420. The first-order valence-electron chi connectivity index (χ1n) is 11.4. The first-order chi connectivity index (χ1) is 13.2. The summed E-state index contributed by atoms with van der Waals surface area (Å²) in [4.78, 5) is 0. The van der Waals surface area contributed by atoms with Gasteiger partial charge in [0.25, 0.3) is 0 Å². The number of benzene rings is 1. The van der Waals surface area contributed by atoms with Crippen LogP contribution in [0.25, 0.3) is 0 Å². The SMILES string of the molecule is CCCCC.CCCCCC(CCC)C1(O)c2cc(F)cc(F)c2CC1(C)C. The molecule has 1 aliphatic rings. The Morgan fingerprint density at radius 2 is 1.50 bits per heavy atom. The third kappa shape index (κ3) is 5.55. The highest BCUT2D eigenvalue weighted by molar-refractivity contribution is 5.42. The van der Waals surface area contributed by atoms with Crippen LogP contribution in [0, 0.1) is 23.0 Å². The number of aliphatic hydroxyl groups is 1. The third-order valence-corrected chi connectivity index (χ3v) is 6.31. The molecule has 1 aromatic carbocycles. The first-order valence-corrected chi connectivity index (χ1v) is 11.4. The van der Waals surface area contributed by atoms with Crippen LogP contribution in [0.1, 0.15) is 110 Å². The van der Waals surface area contributed by atoms with Gasteiger partial charge in [-0.25, -0.2) is 8.78 Å². The summed E-state index contributed by atoms with van der Waals surface area (Å²) >= 11 is 0. The zero-order valence-corrected chi connectivity index (χ0v) is 19.0. The second-order valence-corrected chi connectivity index (χ2v) is 9.08. The summed E-state index contributed by atoms with van der Waals surface area (Å²) in [5.74, 6) is -1.08. The topological polar surface area (TPSA) is 20.2 Å². The van der Waals surface area contributed by atoms with E-state index in [1.165, 1.54) is 25.3 Å². The standard InChI is InChI=1S/C20H30F2O.C5H12/c1-5-7-8-10-14(9-6-2)20(23)17-11-15(21)12-18(22)16(17)13-19(20,3)4;1-3-5-4-2/h11-12,14,23H,5-10,13H2,1-4H3;3-5H2,1-2H3. The maximum Gasteiger partial charge on any atom is 0.129 e. The highest BCUT2D eigenvalue weighted by Gasteiger charge is 2.55. The molecule has 0 spiro atoms. The van der Waals surface area contributed by atoms with Gasteiger partial charge in [0.15, 0.2) is 0 Å². The van der Waals surface area contributed by atoms with Crippen molar-refractivity contribution in [1.82, 2.24) is 0 Å². The zero-order valence-electron chi connectivity index (χ0n) is 19.0. The van der Waals surface area contributed by atoms with Crippen molar-refractivity contribution in [2.45, 2.75) is 111 Å². The summed E-state index contributed by atoms with van der Waals surface area (Å²) in [5.41, 5.74) is -0.671. The van der Waals surface area contributed by atoms with E-state index in [9.17, 15) is 13.9 Å². The summed E-state index contributed by atoms with van der Waals surface area (Å²) in [5, 5.41) is 11.7. The fourth-order valence-electron chi connectivity index (χ4n) is 4.74. The molecule has 3 heteroatoms.